The Bertz CT molecular complexity index is 945. The van der Waals surface area contributed by atoms with Crippen LogP contribution in [0.15, 0.2) is 46.9 Å². The lowest BCUT2D eigenvalue weighted by Crippen LogP contribution is -2.52. The standard InChI is InChI=1S/C26H32BrFN2O3/c1-3-24(26(32)29-21-7-5-4-6-8-21)30(16-19-9-11-20(28)12-10-19)25(31)17-33-22-13-14-23(27)18(2)15-22/h9-15,21,24H,3-8,16-17H2,1-2H3,(H,29,32)/t24-/m1/s1. The monoisotopic (exact) mass is 518 g/mol. The maximum absolute atomic E-state index is 13.4. The number of benzene rings is 2. The van der Waals surface area contributed by atoms with Crippen LogP contribution in [0, 0.1) is 12.7 Å². The molecule has 0 bridgehead atoms. The fourth-order valence-corrected chi connectivity index (χ4v) is 4.43. The molecule has 0 heterocycles. The highest BCUT2D eigenvalue weighted by Gasteiger charge is 2.30. The fourth-order valence-electron chi connectivity index (χ4n) is 4.19. The lowest BCUT2D eigenvalue weighted by molar-refractivity contribution is -0.143. The third kappa shape index (κ3) is 7.29. The summed E-state index contributed by atoms with van der Waals surface area (Å²) in [7, 11) is 0. The van der Waals surface area contributed by atoms with Crippen molar-refractivity contribution in [3.63, 3.8) is 0 Å². The summed E-state index contributed by atoms with van der Waals surface area (Å²) in [5.74, 6) is -0.178. The minimum Gasteiger partial charge on any atom is -0.484 e. The van der Waals surface area contributed by atoms with Gasteiger partial charge in [-0.3, -0.25) is 9.59 Å². The molecule has 0 aromatic heterocycles. The van der Waals surface area contributed by atoms with Crippen molar-refractivity contribution in [1.29, 1.82) is 0 Å². The molecule has 2 aromatic rings. The number of nitrogens with one attached hydrogen (secondary N) is 1. The molecule has 3 rings (SSSR count). The van der Waals surface area contributed by atoms with Crippen LogP contribution < -0.4 is 10.1 Å². The number of halogens is 2. The molecular weight excluding hydrogens is 487 g/mol. The lowest BCUT2D eigenvalue weighted by Gasteiger charge is -2.32. The zero-order valence-corrected chi connectivity index (χ0v) is 20.9. The van der Waals surface area contributed by atoms with Gasteiger partial charge in [-0.05, 0) is 67.6 Å². The summed E-state index contributed by atoms with van der Waals surface area (Å²) in [6, 6.07) is 11.1. The van der Waals surface area contributed by atoms with Gasteiger partial charge in [-0.15, -0.1) is 0 Å². The lowest BCUT2D eigenvalue weighted by atomic mass is 9.95. The summed E-state index contributed by atoms with van der Waals surface area (Å²) in [5, 5.41) is 3.15. The minimum atomic E-state index is -0.625. The second-order valence-electron chi connectivity index (χ2n) is 8.62. The van der Waals surface area contributed by atoms with Crippen LogP contribution in [0.3, 0.4) is 0 Å². The van der Waals surface area contributed by atoms with E-state index in [2.05, 4.69) is 21.2 Å². The third-order valence-electron chi connectivity index (χ3n) is 6.10. The SMILES string of the molecule is CC[C@H](C(=O)NC1CCCCC1)N(Cc1ccc(F)cc1)C(=O)COc1ccc(Br)c(C)c1. The molecule has 33 heavy (non-hydrogen) atoms. The van der Waals surface area contributed by atoms with Gasteiger partial charge in [0.05, 0.1) is 0 Å². The highest BCUT2D eigenvalue weighted by Crippen LogP contribution is 2.22. The number of nitrogens with zero attached hydrogens (tertiary/aromatic N) is 1. The van der Waals surface area contributed by atoms with Crippen molar-refractivity contribution in [3.8, 4) is 5.75 Å². The molecule has 0 saturated heterocycles. The molecule has 2 aromatic carbocycles. The first-order valence-corrected chi connectivity index (χ1v) is 12.4. The second kappa shape index (κ2) is 12.2. The Kier molecular flexibility index (Phi) is 9.30. The molecule has 1 aliphatic carbocycles. The largest absolute Gasteiger partial charge is 0.484 e. The van der Waals surface area contributed by atoms with Gasteiger partial charge in [0.2, 0.25) is 5.91 Å². The molecule has 1 saturated carbocycles. The summed E-state index contributed by atoms with van der Waals surface area (Å²) in [4.78, 5) is 28.0. The predicted molar refractivity (Wildman–Crippen MR) is 130 cm³/mol. The van der Waals surface area contributed by atoms with Crippen molar-refractivity contribution < 1.29 is 18.7 Å². The summed E-state index contributed by atoms with van der Waals surface area (Å²) < 4.78 is 20.1. The Hall–Kier alpha value is -2.41. The molecule has 0 aliphatic heterocycles. The van der Waals surface area contributed by atoms with E-state index in [0.29, 0.717) is 12.2 Å². The number of aryl methyl sites for hydroxylation is 1. The van der Waals surface area contributed by atoms with Crippen molar-refractivity contribution >= 4 is 27.7 Å². The van der Waals surface area contributed by atoms with Crippen molar-refractivity contribution in [2.24, 2.45) is 0 Å². The second-order valence-corrected chi connectivity index (χ2v) is 9.47. The smallest absolute Gasteiger partial charge is 0.261 e. The van der Waals surface area contributed by atoms with Gasteiger partial charge in [0.1, 0.15) is 17.6 Å². The van der Waals surface area contributed by atoms with Gasteiger partial charge >= 0.3 is 0 Å². The average molecular weight is 519 g/mol. The molecule has 2 amide bonds. The maximum Gasteiger partial charge on any atom is 0.261 e. The number of rotatable bonds is 9. The molecule has 178 valence electrons. The number of hydrogen-bond acceptors (Lipinski definition) is 3. The summed E-state index contributed by atoms with van der Waals surface area (Å²) >= 11 is 3.46. The van der Waals surface area contributed by atoms with E-state index in [1.165, 1.54) is 18.6 Å². The molecule has 1 fully saturated rings. The van der Waals surface area contributed by atoms with E-state index in [-0.39, 0.29) is 36.8 Å². The first kappa shape index (κ1) is 25.2. The Labute approximate surface area is 203 Å². The normalized spacial score (nSPS) is 15.0. The van der Waals surface area contributed by atoms with Gasteiger partial charge in [-0.25, -0.2) is 4.39 Å². The summed E-state index contributed by atoms with van der Waals surface area (Å²) in [6.45, 7) is 3.87. The molecule has 1 aliphatic rings. The molecule has 1 N–H and O–H groups in total. The average Bonchev–Trinajstić information content (AvgIpc) is 2.81. The van der Waals surface area contributed by atoms with E-state index < -0.39 is 6.04 Å². The fraction of sp³-hybridized carbons (Fsp3) is 0.462. The van der Waals surface area contributed by atoms with Crippen LogP contribution in [-0.4, -0.2) is 35.4 Å². The van der Waals surface area contributed by atoms with Crippen molar-refractivity contribution in [3.05, 3.63) is 63.9 Å². The highest BCUT2D eigenvalue weighted by molar-refractivity contribution is 9.10. The van der Waals surface area contributed by atoms with E-state index >= 15 is 0 Å². The van der Waals surface area contributed by atoms with Crippen LogP contribution >= 0.6 is 15.9 Å². The number of carbonyl (C=O) groups excluding carboxylic acids is 2. The van der Waals surface area contributed by atoms with Crippen molar-refractivity contribution in [1.82, 2.24) is 10.2 Å². The van der Waals surface area contributed by atoms with E-state index in [4.69, 9.17) is 4.74 Å². The minimum absolute atomic E-state index is 0.139. The zero-order chi connectivity index (χ0) is 23.8. The molecule has 0 unspecified atom stereocenters. The van der Waals surface area contributed by atoms with E-state index in [9.17, 15) is 14.0 Å². The molecule has 0 spiro atoms. The van der Waals surface area contributed by atoms with Crippen molar-refractivity contribution in [2.45, 2.75) is 71.0 Å². The molecule has 0 radical (unpaired) electrons. The van der Waals surface area contributed by atoms with Crippen molar-refractivity contribution in [2.75, 3.05) is 6.61 Å². The molecular formula is C26H32BrFN2O3. The first-order valence-electron chi connectivity index (χ1n) is 11.6. The van der Waals surface area contributed by atoms with Gasteiger partial charge in [0.15, 0.2) is 6.61 Å². The van der Waals surface area contributed by atoms with E-state index in [1.54, 1.807) is 23.1 Å². The number of hydrogen-bond donors (Lipinski definition) is 1. The van der Waals surface area contributed by atoms with Crippen LogP contribution in [0.25, 0.3) is 0 Å². The Morgan fingerprint density at radius 2 is 1.85 bits per heavy atom. The first-order chi connectivity index (χ1) is 15.9. The maximum atomic E-state index is 13.4. The van der Waals surface area contributed by atoms with Gasteiger partial charge in [0.25, 0.3) is 5.91 Å². The summed E-state index contributed by atoms with van der Waals surface area (Å²) in [5.41, 5.74) is 1.76. The van der Waals surface area contributed by atoms with Crippen LogP contribution in [0.4, 0.5) is 4.39 Å². The number of amides is 2. The van der Waals surface area contributed by atoms with Crippen LogP contribution in [-0.2, 0) is 16.1 Å². The molecule has 5 nitrogen and oxygen atoms in total. The molecule has 1 atom stereocenters. The summed E-state index contributed by atoms with van der Waals surface area (Å²) in [6.07, 6.45) is 5.84. The third-order valence-corrected chi connectivity index (χ3v) is 6.99. The van der Waals surface area contributed by atoms with Gasteiger partial charge in [-0.2, -0.15) is 0 Å². The quantitative estimate of drug-likeness (QED) is 0.474. The van der Waals surface area contributed by atoms with E-state index in [0.717, 1.165) is 41.3 Å². The van der Waals surface area contributed by atoms with Gasteiger partial charge < -0.3 is 15.0 Å². The Morgan fingerprint density at radius 3 is 2.48 bits per heavy atom. The molecule has 7 heteroatoms. The Morgan fingerprint density at radius 1 is 1.15 bits per heavy atom. The highest BCUT2D eigenvalue weighted by atomic mass is 79.9. The van der Waals surface area contributed by atoms with E-state index in [1.807, 2.05) is 26.0 Å². The van der Waals surface area contributed by atoms with Crippen LogP contribution in [0.1, 0.15) is 56.6 Å². The van der Waals surface area contributed by atoms with Crippen LogP contribution in [0.2, 0.25) is 0 Å². The number of carbonyl (C=O) groups is 2. The Balaban J connectivity index is 1.75. The van der Waals surface area contributed by atoms with Gasteiger partial charge in [0, 0.05) is 17.1 Å². The predicted octanol–water partition coefficient (Wildman–Crippen LogP) is 5.53. The number of ether oxygens (including phenoxy) is 1. The topological polar surface area (TPSA) is 58.6 Å². The zero-order valence-electron chi connectivity index (χ0n) is 19.3. The van der Waals surface area contributed by atoms with Crippen LogP contribution in [0.5, 0.6) is 5.75 Å². The van der Waals surface area contributed by atoms with Gasteiger partial charge in [-0.1, -0.05) is 54.2 Å².